The predicted octanol–water partition coefficient (Wildman–Crippen LogP) is 5.38. The molecular weight excluding hydrogens is 424 g/mol. The first-order valence-electron chi connectivity index (χ1n) is 11.1. The largest absolute Gasteiger partial charge is 0.448 e. The molecule has 1 aliphatic heterocycles. The van der Waals surface area contributed by atoms with Crippen LogP contribution in [0.25, 0.3) is 11.4 Å². The number of aryl methyl sites for hydroxylation is 1. The highest BCUT2D eigenvalue weighted by atomic mass is 32.1. The van der Waals surface area contributed by atoms with Crippen LogP contribution in [0.3, 0.4) is 0 Å². The number of hydrogen-bond donors (Lipinski definition) is 2. The lowest BCUT2D eigenvalue weighted by Crippen LogP contribution is -2.40. The molecule has 1 amide bonds. The summed E-state index contributed by atoms with van der Waals surface area (Å²) in [6.45, 7) is 2.46. The number of nitrogens with one attached hydrogen (secondary N) is 2. The molecule has 2 aliphatic rings. The highest BCUT2D eigenvalue weighted by molar-refractivity contribution is 7.71. The zero-order valence-electron chi connectivity index (χ0n) is 18.0. The lowest BCUT2D eigenvalue weighted by Gasteiger charge is -2.31. The fourth-order valence-electron chi connectivity index (χ4n) is 4.43. The molecule has 0 atom stereocenters. The Morgan fingerprint density at radius 1 is 1.16 bits per heavy atom. The molecule has 3 aromatic rings. The van der Waals surface area contributed by atoms with Crippen molar-refractivity contribution in [1.82, 2.24) is 14.8 Å². The third-order valence-corrected chi connectivity index (χ3v) is 6.34. The minimum atomic E-state index is -0.521. The smallest absolute Gasteiger partial charge is 0.251 e. The molecule has 2 heterocycles. The molecule has 7 nitrogen and oxygen atoms in total. The average molecular weight is 451 g/mol. The van der Waals surface area contributed by atoms with Crippen LogP contribution in [0.2, 0.25) is 0 Å². The van der Waals surface area contributed by atoms with Gasteiger partial charge in [0.1, 0.15) is 0 Å². The quantitative estimate of drug-likeness (QED) is 0.510. The van der Waals surface area contributed by atoms with E-state index in [9.17, 15) is 4.79 Å². The van der Waals surface area contributed by atoms with E-state index in [0.717, 1.165) is 48.4 Å². The number of benzene rings is 2. The minimum absolute atomic E-state index is 0.102. The second kappa shape index (κ2) is 8.43. The number of H-pyrrole nitrogens is 1. The molecule has 0 bridgehead atoms. The van der Waals surface area contributed by atoms with Crippen LogP contribution in [-0.2, 0) is 11.3 Å². The summed E-state index contributed by atoms with van der Waals surface area (Å²) >= 11 is 5.38. The SMILES string of the molecule is Cc1cccc(-c2n[nH]c(=S)n2CCC(=O)Nc2ccc3c(c2)OC2(CCCCC2)O3)c1. The van der Waals surface area contributed by atoms with Crippen LogP contribution in [0.1, 0.15) is 44.1 Å². The van der Waals surface area contributed by atoms with Crippen LogP contribution in [0.15, 0.2) is 42.5 Å². The van der Waals surface area contributed by atoms with Crippen LogP contribution in [0.5, 0.6) is 11.5 Å². The van der Waals surface area contributed by atoms with Crippen molar-refractivity contribution in [2.75, 3.05) is 5.32 Å². The van der Waals surface area contributed by atoms with Gasteiger partial charge in [-0.05, 0) is 50.2 Å². The van der Waals surface area contributed by atoms with E-state index in [2.05, 4.69) is 15.5 Å². The van der Waals surface area contributed by atoms with Crippen LogP contribution < -0.4 is 14.8 Å². The molecule has 32 heavy (non-hydrogen) atoms. The Hall–Kier alpha value is -3.13. The van der Waals surface area contributed by atoms with E-state index >= 15 is 0 Å². The maximum Gasteiger partial charge on any atom is 0.251 e. The molecule has 0 unspecified atom stereocenters. The third kappa shape index (κ3) is 4.14. The number of hydrogen-bond acceptors (Lipinski definition) is 5. The normalized spacial score (nSPS) is 16.3. The van der Waals surface area contributed by atoms with E-state index < -0.39 is 5.79 Å². The maximum atomic E-state index is 12.7. The van der Waals surface area contributed by atoms with Crippen molar-refractivity contribution >= 4 is 23.8 Å². The highest BCUT2D eigenvalue weighted by Crippen LogP contribution is 2.46. The molecule has 1 fully saturated rings. The predicted molar refractivity (Wildman–Crippen MR) is 124 cm³/mol. The lowest BCUT2D eigenvalue weighted by atomic mass is 9.94. The van der Waals surface area contributed by atoms with Gasteiger partial charge in [-0.2, -0.15) is 5.10 Å². The number of carbonyl (C=O) groups excluding carboxylic acids is 1. The van der Waals surface area contributed by atoms with Crippen LogP contribution in [0.4, 0.5) is 5.69 Å². The van der Waals surface area contributed by atoms with E-state index in [1.165, 1.54) is 6.42 Å². The zero-order valence-corrected chi connectivity index (χ0v) is 18.8. The summed E-state index contributed by atoms with van der Waals surface area (Å²) in [5, 5.41) is 10.2. The van der Waals surface area contributed by atoms with E-state index in [4.69, 9.17) is 21.7 Å². The number of nitrogens with zero attached hydrogens (tertiary/aromatic N) is 2. The molecule has 1 aliphatic carbocycles. The first-order valence-corrected chi connectivity index (χ1v) is 11.5. The first kappa shape index (κ1) is 20.8. The number of rotatable bonds is 5. The second-order valence-electron chi connectivity index (χ2n) is 8.51. The van der Waals surface area contributed by atoms with Crippen molar-refractivity contribution in [3.05, 3.63) is 52.8 Å². The molecule has 5 rings (SSSR count). The van der Waals surface area contributed by atoms with Crippen LogP contribution in [0, 0.1) is 11.7 Å². The van der Waals surface area contributed by atoms with Crippen molar-refractivity contribution in [3.8, 4) is 22.9 Å². The number of fused-ring (bicyclic) bond motifs is 1. The number of carbonyl (C=O) groups is 1. The summed E-state index contributed by atoms with van der Waals surface area (Å²) in [5.74, 6) is 1.55. The van der Waals surface area contributed by atoms with Crippen molar-refractivity contribution in [1.29, 1.82) is 0 Å². The number of amides is 1. The Morgan fingerprint density at radius 3 is 2.78 bits per heavy atom. The molecule has 2 aromatic carbocycles. The minimum Gasteiger partial charge on any atom is -0.448 e. The summed E-state index contributed by atoms with van der Waals surface area (Å²) in [6, 6.07) is 13.6. The van der Waals surface area contributed by atoms with Gasteiger partial charge in [-0.25, -0.2) is 0 Å². The fraction of sp³-hybridized carbons (Fsp3) is 0.375. The molecule has 166 valence electrons. The van der Waals surface area contributed by atoms with Gasteiger partial charge in [0.15, 0.2) is 22.1 Å². The van der Waals surface area contributed by atoms with Gasteiger partial charge in [0.2, 0.25) is 5.91 Å². The summed E-state index contributed by atoms with van der Waals surface area (Å²) in [5.41, 5.74) is 2.80. The third-order valence-electron chi connectivity index (χ3n) is 6.03. The number of aromatic amines is 1. The first-order chi connectivity index (χ1) is 15.5. The maximum absolute atomic E-state index is 12.7. The van der Waals surface area contributed by atoms with E-state index in [0.29, 0.717) is 22.8 Å². The fourth-order valence-corrected chi connectivity index (χ4v) is 4.66. The lowest BCUT2D eigenvalue weighted by molar-refractivity contribution is -0.116. The van der Waals surface area contributed by atoms with Gasteiger partial charge in [-0.15, -0.1) is 0 Å². The van der Waals surface area contributed by atoms with E-state index in [1.807, 2.05) is 54.0 Å². The molecule has 1 saturated carbocycles. The van der Waals surface area contributed by atoms with Crippen LogP contribution in [-0.4, -0.2) is 26.5 Å². The van der Waals surface area contributed by atoms with Gasteiger partial charge in [0.25, 0.3) is 5.79 Å². The molecule has 0 saturated heterocycles. The van der Waals surface area contributed by atoms with Gasteiger partial charge in [-0.1, -0.05) is 30.2 Å². The molecule has 1 aromatic heterocycles. The topological polar surface area (TPSA) is 81.2 Å². The van der Waals surface area contributed by atoms with Gasteiger partial charge >= 0.3 is 0 Å². The number of anilines is 1. The molecular formula is C24H26N4O3S. The van der Waals surface area contributed by atoms with Crippen molar-refractivity contribution in [2.45, 2.75) is 57.8 Å². The molecule has 0 radical (unpaired) electrons. The number of aromatic nitrogens is 3. The second-order valence-corrected chi connectivity index (χ2v) is 8.90. The standard InChI is InChI=1S/C24H26N4O3S/c1-16-6-5-7-17(14-16)22-26-27-23(32)28(22)13-10-21(29)25-18-8-9-19-20(15-18)31-24(30-19)11-3-2-4-12-24/h5-9,14-15H,2-4,10-13H2,1H3,(H,25,29)(H,27,32). The Kier molecular flexibility index (Phi) is 5.46. The van der Waals surface area contributed by atoms with Crippen LogP contribution >= 0.6 is 12.2 Å². The molecule has 8 heteroatoms. The molecule has 2 N–H and O–H groups in total. The Balaban J connectivity index is 1.24. The molecule has 1 spiro atoms. The Labute approximate surface area is 191 Å². The van der Waals surface area contributed by atoms with Crippen molar-refractivity contribution in [3.63, 3.8) is 0 Å². The van der Waals surface area contributed by atoms with Crippen molar-refractivity contribution < 1.29 is 14.3 Å². The van der Waals surface area contributed by atoms with Crippen molar-refractivity contribution in [2.24, 2.45) is 0 Å². The summed E-state index contributed by atoms with van der Waals surface area (Å²) in [4.78, 5) is 12.7. The summed E-state index contributed by atoms with van der Waals surface area (Å²) in [7, 11) is 0. The highest BCUT2D eigenvalue weighted by Gasteiger charge is 2.42. The summed E-state index contributed by atoms with van der Waals surface area (Å²) in [6.07, 6.45) is 5.51. The van der Waals surface area contributed by atoms with Gasteiger partial charge in [0, 0.05) is 43.1 Å². The average Bonchev–Trinajstić information content (AvgIpc) is 3.32. The summed E-state index contributed by atoms with van der Waals surface area (Å²) < 4.78 is 14.6. The van der Waals surface area contributed by atoms with Gasteiger partial charge in [-0.3, -0.25) is 14.5 Å². The van der Waals surface area contributed by atoms with Gasteiger partial charge < -0.3 is 14.8 Å². The number of ether oxygens (including phenoxy) is 2. The Morgan fingerprint density at radius 2 is 1.97 bits per heavy atom. The monoisotopic (exact) mass is 450 g/mol. The zero-order chi connectivity index (χ0) is 22.1. The Bertz CT molecular complexity index is 1210. The van der Waals surface area contributed by atoms with E-state index in [-0.39, 0.29) is 12.3 Å². The van der Waals surface area contributed by atoms with E-state index in [1.54, 1.807) is 0 Å². The van der Waals surface area contributed by atoms with Gasteiger partial charge in [0.05, 0.1) is 0 Å².